The molecule has 1 aromatic carbocycles. The summed E-state index contributed by atoms with van der Waals surface area (Å²) in [6.07, 6.45) is -4.49. The van der Waals surface area contributed by atoms with E-state index in [-0.39, 0.29) is 11.2 Å². The van der Waals surface area contributed by atoms with Crippen LogP contribution in [0.25, 0.3) is 0 Å². The molecule has 2 amide bonds. The zero-order valence-electron chi connectivity index (χ0n) is 13.8. The fourth-order valence-corrected chi connectivity index (χ4v) is 4.25. The third-order valence-electron chi connectivity index (χ3n) is 3.86. The summed E-state index contributed by atoms with van der Waals surface area (Å²) in [5.41, 5.74) is 0.856. The standard InChI is InChI=1S/C15H14BrClF3N5OS/c16-10-5-9(6-11(17)7-10)8-21-13(26)24-1-3-25(4-2-24)14-23-22-12(27-14)15(18,19)20/h5-7H,1-4,8H2,(H,21,26). The Kier molecular flexibility index (Phi) is 6.11. The summed E-state index contributed by atoms with van der Waals surface area (Å²) in [6.45, 7) is 1.87. The Labute approximate surface area is 170 Å². The van der Waals surface area contributed by atoms with Crippen LogP contribution in [0.5, 0.6) is 0 Å². The molecule has 0 atom stereocenters. The number of aromatic nitrogens is 2. The lowest BCUT2D eigenvalue weighted by molar-refractivity contribution is -0.138. The Morgan fingerprint density at radius 1 is 1.22 bits per heavy atom. The van der Waals surface area contributed by atoms with E-state index in [1.54, 1.807) is 21.9 Å². The Morgan fingerprint density at radius 2 is 1.93 bits per heavy atom. The molecule has 146 valence electrons. The lowest BCUT2D eigenvalue weighted by Crippen LogP contribution is -2.51. The van der Waals surface area contributed by atoms with Gasteiger partial charge in [-0.3, -0.25) is 0 Å². The molecule has 27 heavy (non-hydrogen) atoms. The zero-order chi connectivity index (χ0) is 19.6. The summed E-state index contributed by atoms with van der Waals surface area (Å²) in [5.74, 6) is 0. The number of hydrogen-bond donors (Lipinski definition) is 1. The largest absolute Gasteiger partial charge is 0.445 e. The molecule has 0 saturated carbocycles. The van der Waals surface area contributed by atoms with Crippen LogP contribution in [0.4, 0.5) is 23.1 Å². The molecule has 3 rings (SSSR count). The van der Waals surface area contributed by atoms with Crippen LogP contribution < -0.4 is 10.2 Å². The molecule has 1 aliphatic rings. The number of benzene rings is 1. The van der Waals surface area contributed by atoms with E-state index in [9.17, 15) is 18.0 Å². The lowest BCUT2D eigenvalue weighted by atomic mass is 10.2. The Hall–Kier alpha value is -1.59. The van der Waals surface area contributed by atoms with Crippen molar-refractivity contribution in [3.63, 3.8) is 0 Å². The summed E-state index contributed by atoms with van der Waals surface area (Å²) in [5, 5.41) is 9.43. The highest BCUT2D eigenvalue weighted by atomic mass is 79.9. The van der Waals surface area contributed by atoms with Crippen molar-refractivity contribution < 1.29 is 18.0 Å². The minimum atomic E-state index is -4.49. The van der Waals surface area contributed by atoms with E-state index in [1.165, 1.54) is 0 Å². The minimum Gasteiger partial charge on any atom is -0.343 e. The summed E-state index contributed by atoms with van der Waals surface area (Å²) in [6, 6.07) is 5.14. The normalized spacial score (nSPS) is 15.1. The predicted molar refractivity (Wildman–Crippen MR) is 100 cm³/mol. The van der Waals surface area contributed by atoms with Gasteiger partial charge in [0.2, 0.25) is 10.1 Å². The maximum Gasteiger partial charge on any atom is 0.445 e. The fourth-order valence-electron chi connectivity index (χ4n) is 2.56. The van der Waals surface area contributed by atoms with E-state index in [0.29, 0.717) is 49.1 Å². The predicted octanol–water partition coefficient (Wildman–Crippen LogP) is 4.00. The van der Waals surface area contributed by atoms with Gasteiger partial charge in [-0.1, -0.05) is 38.9 Å². The van der Waals surface area contributed by atoms with Gasteiger partial charge in [0.05, 0.1) is 0 Å². The molecular weight excluding hydrogens is 471 g/mol. The van der Waals surface area contributed by atoms with E-state index in [2.05, 4.69) is 31.4 Å². The van der Waals surface area contributed by atoms with E-state index < -0.39 is 11.2 Å². The van der Waals surface area contributed by atoms with Crippen molar-refractivity contribution in [3.05, 3.63) is 38.3 Å². The van der Waals surface area contributed by atoms with Crippen LogP contribution in [0.15, 0.2) is 22.7 Å². The summed E-state index contributed by atoms with van der Waals surface area (Å²) in [7, 11) is 0. The molecule has 1 fully saturated rings. The molecule has 6 nitrogen and oxygen atoms in total. The minimum absolute atomic E-state index is 0.214. The van der Waals surface area contributed by atoms with Crippen molar-refractivity contribution in [1.82, 2.24) is 20.4 Å². The second-order valence-electron chi connectivity index (χ2n) is 5.80. The van der Waals surface area contributed by atoms with Crippen LogP contribution >= 0.6 is 38.9 Å². The first-order chi connectivity index (χ1) is 12.7. The number of nitrogens with one attached hydrogen (secondary N) is 1. The second-order valence-corrected chi connectivity index (χ2v) is 8.11. The van der Waals surface area contributed by atoms with Gasteiger partial charge in [-0.25, -0.2) is 4.79 Å². The first-order valence-corrected chi connectivity index (χ1v) is 9.84. The number of halogens is 5. The Bertz CT molecular complexity index is 806. The number of alkyl halides is 3. The van der Waals surface area contributed by atoms with E-state index in [0.717, 1.165) is 10.0 Å². The third kappa shape index (κ3) is 5.23. The highest BCUT2D eigenvalue weighted by Crippen LogP contribution is 2.34. The second kappa shape index (κ2) is 8.19. The fraction of sp³-hybridized carbons (Fsp3) is 0.400. The van der Waals surface area contributed by atoms with Crippen molar-refractivity contribution in [3.8, 4) is 0 Å². The zero-order valence-corrected chi connectivity index (χ0v) is 16.9. The molecule has 1 N–H and O–H groups in total. The number of nitrogens with zero attached hydrogens (tertiary/aromatic N) is 4. The van der Waals surface area contributed by atoms with Crippen LogP contribution in [0.2, 0.25) is 5.02 Å². The van der Waals surface area contributed by atoms with Crippen LogP contribution in [0.1, 0.15) is 10.6 Å². The van der Waals surface area contributed by atoms with Crippen molar-refractivity contribution >= 4 is 50.0 Å². The van der Waals surface area contributed by atoms with Gasteiger partial charge in [0.15, 0.2) is 0 Å². The molecule has 0 aliphatic carbocycles. The topological polar surface area (TPSA) is 61.4 Å². The molecular formula is C15H14BrClF3N5OS. The van der Waals surface area contributed by atoms with Gasteiger partial charge < -0.3 is 15.1 Å². The van der Waals surface area contributed by atoms with Crippen LogP contribution in [-0.4, -0.2) is 47.3 Å². The van der Waals surface area contributed by atoms with Gasteiger partial charge in [-0.05, 0) is 23.8 Å². The number of anilines is 1. The highest BCUT2D eigenvalue weighted by Gasteiger charge is 2.36. The summed E-state index contributed by atoms with van der Waals surface area (Å²) >= 11 is 9.83. The molecule has 0 radical (unpaired) electrons. The smallest absolute Gasteiger partial charge is 0.343 e. The average Bonchev–Trinajstić information content (AvgIpc) is 3.09. The number of carbonyl (C=O) groups is 1. The summed E-state index contributed by atoms with van der Waals surface area (Å²) in [4.78, 5) is 15.6. The maximum atomic E-state index is 12.6. The molecule has 2 heterocycles. The molecule has 0 unspecified atom stereocenters. The number of hydrogen-bond acceptors (Lipinski definition) is 5. The van der Waals surface area contributed by atoms with Crippen molar-refractivity contribution in [2.75, 3.05) is 31.1 Å². The lowest BCUT2D eigenvalue weighted by Gasteiger charge is -2.34. The third-order valence-corrected chi connectivity index (χ3v) is 5.57. The molecule has 0 spiro atoms. The molecule has 1 aromatic heterocycles. The van der Waals surface area contributed by atoms with Crippen LogP contribution in [-0.2, 0) is 12.7 Å². The SMILES string of the molecule is O=C(NCc1cc(Cl)cc(Br)c1)N1CCN(c2nnc(C(F)(F)F)s2)CC1. The van der Waals surface area contributed by atoms with Crippen LogP contribution in [0.3, 0.4) is 0 Å². The van der Waals surface area contributed by atoms with Gasteiger partial charge in [0, 0.05) is 42.2 Å². The van der Waals surface area contributed by atoms with Crippen LogP contribution in [0, 0.1) is 0 Å². The molecule has 1 saturated heterocycles. The van der Waals surface area contributed by atoms with E-state index >= 15 is 0 Å². The first kappa shape index (κ1) is 20.2. The first-order valence-electron chi connectivity index (χ1n) is 7.86. The number of piperazine rings is 1. The van der Waals surface area contributed by atoms with Gasteiger partial charge in [-0.2, -0.15) is 13.2 Å². The molecule has 1 aliphatic heterocycles. The number of carbonyl (C=O) groups excluding carboxylic acids is 1. The highest BCUT2D eigenvalue weighted by molar-refractivity contribution is 9.10. The Balaban J connectivity index is 1.51. The number of amides is 2. The van der Waals surface area contributed by atoms with E-state index in [4.69, 9.17) is 11.6 Å². The van der Waals surface area contributed by atoms with Crippen molar-refractivity contribution in [2.45, 2.75) is 12.7 Å². The maximum absolute atomic E-state index is 12.6. The molecule has 0 bridgehead atoms. The number of rotatable bonds is 3. The monoisotopic (exact) mass is 483 g/mol. The van der Waals surface area contributed by atoms with Gasteiger partial charge >= 0.3 is 12.2 Å². The van der Waals surface area contributed by atoms with E-state index in [1.807, 2.05) is 6.07 Å². The van der Waals surface area contributed by atoms with Gasteiger partial charge in [-0.15, -0.1) is 10.2 Å². The van der Waals surface area contributed by atoms with Gasteiger partial charge in [0.25, 0.3) is 0 Å². The molecule has 12 heteroatoms. The quantitative estimate of drug-likeness (QED) is 0.715. The van der Waals surface area contributed by atoms with Crippen molar-refractivity contribution in [1.29, 1.82) is 0 Å². The summed E-state index contributed by atoms with van der Waals surface area (Å²) < 4.78 is 38.7. The van der Waals surface area contributed by atoms with Gasteiger partial charge in [0.1, 0.15) is 0 Å². The average molecular weight is 485 g/mol. The Morgan fingerprint density at radius 3 is 2.52 bits per heavy atom. The molecule has 2 aromatic rings. The van der Waals surface area contributed by atoms with Crippen molar-refractivity contribution in [2.24, 2.45) is 0 Å². The number of urea groups is 1.